The van der Waals surface area contributed by atoms with E-state index in [1.807, 2.05) is 48.5 Å². The van der Waals surface area contributed by atoms with Crippen molar-refractivity contribution in [2.75, 3.05) is 79.2 Å². The summed E-state index contributed by atoms with van der Waals surface area (Å²) in [4.78, 5) is 44.9. The van der Waals surface area contributed by atoms with Crippen LogP contribution >= 0.6 is 0 Å². The van der Waals surface area contributed by atoms with Gasteiger partial charge >= 0.3 is 18.2 Å². The van der Waals surface area contributed by atoms with Crippen molar-refractivity contribution in [1.29, 1.82) is 0 Å². The molecule has 56 heavy (non-hydrogen) atoms. The molecule has 296 valence electrons. The lowest BCUT2D eigenvalue weighted by Crippen LogP contribution is -2.29. The van der Waals surface area contributed by atoms with Crippen molar-refractivity contribution in [3.8, 4) is 22.3 Å². The lowest BCUT2D eigenvalue weighted by molar-refractivity contribution is -0.142. The summed E-state index contributed by atoms with van der Waals surface area (Å²) in [5, 5.41) is 13.8. The van der Waals surface area contributed by atoms with Gasteiger partial charge in [0.2, 0.25) is 0 Å². The average Bonchev–Trinajstić information content (AvgIpc) is 3.70. The van der Waals surface area contributed by atoms with Crippen LogP contribution in [0.2, 0.25) is 0 Å². The fourth-order valence-electron chi connectivity index (χ4n) is 6.56. The zero-order valence-electron chi connectivity index (χ0n) is 31.4. The van der Waals surface area contributed by atoms with Crippen LogP contribution in [0.4, 0.5) is 9.59 Å². The summed E-state index contributed by atoms with van der Waals surface area (Å²) in [5.41, 5.74) is 9.48. The highest BCUT2D eigenvalue weighted by molar-refractivity contribution is 5.80. The molecule has 0 saturated carbocycles. The Morgan fingerprint density at radius 3 is 1.20 bits per heavy atom. The van der Waals surface area contributed by atoms with E-state index in [0.29, 0.717) is 46.1 Å². The van der Waals surface area contributed by atoms with Crippen LogP contribution in [0.15, 0.2) is 97.1 Å². The molecule has 0 radical (unpaired) electrons. The Morgan fingerprint density at radius 2 is 0.839 bits per heavy atom. The maximum absolute atomic E-state index is 12.0. The van der Waals surface area contributed by atoms with Crippen molar-refractivity contribution >= 4 is 23.9 Å². The summed E-state index contributed by atoms with van der Waals surface area (Å²) >= 11 is 0. The van der Waals surface area contributed by atoms with Gasteiger partial charge in [0.05, 0.1) is 39.6 Å². The number of nitrogens with one attached hydrogen (secondary N) is 2. The molecule has 0 spiro atoms. The molecule has 2 amide bonds. The van der Waals surface area contributed by atoms with E-state index in [9.17, 15) is 19.2 Å². The van der Waals surface area contributed by atoms with Gasteiger partial charge in [0.15, 0.2) is 5.78 Å². The molecule has 0 unspecified atom stereocenters. The van der Waals surface area contributed by atoms with Crippen molar-refractivity contribution < 1.29 is 52.7 Å². The predicted octanol–water partition coefficient (Wildman–Crippen LogP) is 5.79. The number of ether oxygens (including phenoxy) is 6. The first-order valence-electron chi connectivity index (χ1n) is 18.5. The molecule has 13 heteroatoms. The number of rotatable bonds is 20. The van der Waals surface area contributed by atoms with Gasteiger partial charge in [-0.1, -0.05) is 97.1 Å². The SMILES string of the molecule is CC(=O)COCCOCCNC(=O)OCC1c2ccccc2-c2ccccc21.O=C(O)COCCOCCNC(=O)OCC1c2ccccc2-c2ccccc21. The summed E-state index contributed by atoms with van der Waals surface area (Å²) in [7, 11) is 0. The number of fused-ring (bicyclic) bond motifs is 6. The van der Waals surface area contributed by atoms with E-state index in [4.69, 9.17) is 33.5 Å². The first-order valence-corrected chi connectivity index (χ1v) is 18.5. The standard InChI is InChI=1S/C22H25NO5.C21H23NO6/c1-16(24)14-27-13-12-26-11-10-23-22(25)28-15-21-19-8-4-2-6-17(19)18-7-3-5-9-20(18)21;23-20(24)14-27-12-11-26-10-9-22-21(25)28-13-19-17-7-3-1-5-15(17)16-6-2-4-8-18(16)19/h2-9,21H,10-15H2,1H3,(H,23,25);1-8,19H,9-14H2,(H,22,25)(H,23,24). The van der Waals surface area contributed by atoms with Gasteiger partial charge in [0.1, 0.15) is 26.4 Å². The van der Waals surface area contributed by atoms with E-state index < -0.39 is 18.2 Å². The van der Waals surface area contributed by atoms with E-state index in [0.717, 1.165) is 0 Å². The number of carboxylic acids is 1. The van der Waals surface area contributed by atoms with E-state index >= 15 is 0 Å². The lowest BCUT2D eigenvalue weighted by atomic mass is 9.98. The highest BCUT2D eigenvalue weighted by atomic mass is 16.6. The summed E-state index contributed by atoms with van der Waals surface area (Å²) < 4.78 is 31.4. The van der Waals surface area contributed by atoms with E-state index in [1.165, 1.54) is 51.4 Å². The maximum Gasteiger partial charge on any atom is 0.407 e. The van der Waals surface area contributed by atoms with E-state index in [1.54, 1.807) is 0 Å². The zero-order valence-corrected chi connectivity index (χ0v) is 31.4. The van der Waals surface area contributed by atoms with Crippen LogP contribution in [0.1, 0.15) is 41.0 Å². The highest BCUT2D eigenvalue weighted by Gasteiger charge is 2.30. The van der Waals surface area contributed by atoms with Gasteiger partial charge in [0.25, 0.3) is 0 Å². The number of carbonyl (C=O) groups excluding carboxylic acids is 3. The average molecular weight is 769 g/mol. The van der Waals surface area contributed by atoms with Gasteiger partial charge < -0.3 is 44.2 Å². The highest BCUT2D eigenvalue weighted by Crippen LogP contribution is 2.45. The van der Waals surface area contributed by atoms with Gasteiger partial charge in [-0.05, 0) is 51.4 Å². The Kier molecular flexibility index (Phi) is 16.4. The fraction of sp³-hybridized carbons (Fsp3) is 0.349. The third-order valence-corrected chi connectivity index (χ3v) is 8.99. The molecule has 13 nitrogen and oxygen atoms in total. The quantitative estimate of drug-likeness (QED) is 0.0932. The van der Waals surface area contributed by atoms with Crippen LogP contribution in [0.3, 0.4) is 0 Å². The molecule has 0 aliphatic heterocycles. The number of ketones is 1. The molecular weight excluding hydrogens is 720 g/mol. The molecular formula is C43H48N2O11. The second kappa shape index (κ2) is 22.1. The number of amides is 2. The van der Waals surface area contributed by atoms with Crippen LogP contribution in [0, 0.1) is 0 Å². The minimum atomic E-state index is -1.02. The number of hydrogen-bond donors (Lipinski definition) is 3. The van der Waals surface area contributed by atoms with Gasteiger partial charge in [-0.3, -0.25) is 4.79 Å². The van der Waals surface area contributed by atoms with E-state index in [2.05, 4.69) is 59.2 Å². The Hall–Kier alpha value is -5.60. The van der Waals surface area contributed by atoms with Gasteiger partial charge in [-0.2, -0.15) is 0 Å². The molecule has 0 heterocycles. The molecule has 6 rings (SSSR count). The number of carboxylic acid groups (broad SMARTS) is 1. The minimum absolute atomic E-state index is 0.0167. The summed E-state index contributed by atoms with van der Waals surface area (Å²) in [6.45, 7) is 4.26. The van der Waals surface area contributed by atoms with E-state index in [-0.39, 0.29) is 50.7 Å². The first kappa shape index (κ1) is 41.6. The number of alkyl carbamates (subject to hydrolysis) is 2. The first-order chi connectivity index (χ1) is 27.3. The monoisotopic (exact) mass is 768 g/mol. The predicted molar refractivity (Wildman–Crippen MR) is 208 cm³/mol. The van der Waals surface area contributed by atoms with Crippen LogP contribution in [0.25, 0.3) is 22.3 Å². The molecule has 0 fully saturated rings. The van der Waals surface area contributed by atoms with Crippen molar-refractivity contribution in [3.05, 3.63) is 119 Å². The van der Waals surface area contributed by atoms with Gasteiger partial charge in [-0.25, -0.2) is 14.4 Å². The topological polar surface area (TPSA) is 168 Å². The Morgan fingerprint density at radius 1 is 0.500 bits per heavy atom. The molecule has 0 saturated heterocycles. The molecule has 4 aromatic rings. The Balaban J connectivity index is 0.000000214. The summed E-state index contributed by atoms with van der Waals surface area (Å²) in [6, 6.07) is 32.8. The van der Waals surface area contributed by atoms with Crippen LogP contribution in [-0.4, -0.2) is 108 Å². The third kappa shape index (κ3) is 12.2. The number of aliphatic carboxylic acids is 1. The van der Waals surface area contributed by atoms with Crippen LogP contribution in [0.5, 0.6) is 0 Å². The smallest absolute Gasteiger partial charge is 0.407 e. The molecule has 0 aromatic heterocycles. The molecule has 2 aliphatic rings. The number of Topliss-reactive ketones (excluding diaryl/α,β-unsaturated/α-hetero) is 1. The number of carbonyl (C=O) groups is 4. The van der Waals surface area contributed by atoms with Crippen LogP contribution < -0.4 is 10.6 Å². The normalized spacial score (nSPS) is 12.3. The molecule has 2 aliphatic carbocycles. The second-order valence-electron chi connectivity index (χ2n) is 12.9. The molecule has 0 atom stereocenters. The third-order valence-electron chi connectivity index (χ3n) is 8.99. The van der Waals surface area contributed by atoms with Gasteiger partial charge in [0, 0.05) is 24.9 Å². The number of benzene rings is 4. The van der Waals surface area contributed by atoms with Crippen molar-refractivity contribution in [3.63, 3.8) is 0 Å². The zero-order chi connectivity index (χ0) is 39.5. The summed E-state index contributed by atoms with van der Waals surface area (Å²) in [6.07, 6.45) is -0.953. The fourth-order valence-corrected chi connectivity index (χ4v) is 6.56. The molecule has 3 N–H and O–H groups in total. The second-order valence-corrected chi connectivity index (χ2v) is 12.9. The number of hydrogen-bond acceptors (Lipinski definition) is 10. The Labute approximate surface area is 326 Å². The minimum Gasteiger partial charge on any atom is -0.480 e. The maximum atomic E-state index is 12.0. The van der Waals surface area contributed by atoms with Crippen molar-refractivity contribution in [2.45, 2.75) is 18.8 Å². The molecule has 0 bridgehead atoms. The van der Waals surface area contributed by atoms with Crippen LogP contribution in [-0.2, 0) is 38.0 Å². The molecule has 4 aromatic carbocycles. The Bertz CT molecular complexity index is 1690. The van der Waals surface area contributed by atoms with Crippen molar-refractivity contribution in [2.24, 2.45) is 0 Å². The van der Waals surface area contributed by atoms with Gasteiger partial charge in [-0.15, -0.1) is 0 Å². The largest absolute Gasteiger partial charge is 0.480 e. The van der Waals surface area contributed by atoms with Crippen molar-refractivity contribution in [1.82, 2.24) is 10.6 Å². The lowest BCUT2D eigenvalue weighted by Gasteiger charge is -2.14. The summed E-state index contributed by atoms with van der Waals surface area (Å²) in [5.74, 6) is -0.956.